The molecule has 0 bridgehead atoms. The first-order chi connectivity index (χ1) is 26.5. The van der Waals surface area contributed by atoms with E-state index in [1.165, 1.54) is 186 Å². The van der Waals surface area contributed by atoms with Crippen LogP contribution in [0.2, 0.25) is 0 Å². The molecule has 0 aliphatic carbocycles. The molecule has 0 heterocycles. The number of hydrogen-bond acceptors (Lipinski definition) is 2. The van der Waals surface area contributed by atoms with Gasteiger partial charge in [0, 0.05) is 11.4 Å². The molecule has 294 valence electrons. The van der Waals surface area contributed by atoms with E-state index in [4.69, 9.17) is 11.5 Å². The third kappa shape index (κ3) is 17.3. The van der Waals surface area contributed by atoms with Crippen molar-refractivity contribution in [3.63, 3.8) is 0 Å². The van der Waals surface area contributed by atoms with Gasteiger partial charge in [0.15, 0.2) is 0 Å². The van der Waals surface area contributed by atoms with Crippen LogP contribution in [0.1, 0.15) is 187 Å². The summed E-state index contributed by atoms with van der Waals surface area (Å²) in [4.78, 5) is 0. The van der Waals surface area contributed by atoms with Crippen LogP contribution >= 0.6 is 0 Å². The highest BCUT2D eigenvalue weighted by Crippen LogP contribution is 2.22. The Morgan fingerprint density at radius 1 is 0.296 bits per heavy atom. The molecule has 0 fully saturated rings. The first kappa shape index (κ1) is 43.2. The SMILES string of the molecule is CCCCCc1cc(Cc2ccc(CCCCCCCCCCCCCCCCc3ccc(Cc4ccc(N)c(CCCCC)c4)cc3)cc2)ccc1N. The number of nitrogen functional groups attached to an aromatic ring is 2. The summed E-state index contributed by atoms with van der Waals surface area (Å²) < 4.78 is 0. The number of rotatable bonds is 29. The molecule has 0 amide bonds. The second-order valence-electron chi connectivity index (χ2n) is 16.4. The molecule has 0 saturated heterocycles. The van der Waals surface area contributed by atoms with Crippen LogP contribution in [0, 0.1) is 0 Å². The maximum Gasteiger partial charge on any atom is 0.0346 e. The molecular weight excluding hydrogens is 653 g/mol. The molecule has 0 aliphatic heterocycles. The van der Waals surface area contributed by atoms with Crippen molar-refractivity contribution < 1.29 is 0 Å². The highest BCUT2D eigenvalue weighted by atomic mass is 14.6. The van der Waals surface area contributed by atoms with Crippen LogP contribution in [-0.2, 0) is 38.5 Å². The van der Waals surface area contributed by atoms with Gasteiger partial charge in [-0.2, -0.15) is 0 Å². The van der Waals surface area contributed by atoms with Crippen molar-refractivity contribution in [3.05, 3.63) is 129 Å². The Bertz CT molecular complexity index is 1430. The number of benzene rings is 4. The van der Waals surface area contributed by atoms with Gasteiger partial charge in [0.05, 0.1) is 0 Å². The van der Waals surface area contributed by atoms with Crippen LogP contribution in [0.25, 0.3) is 0 Å². The molecule has 54 heavy (non-hydrogen) atoms. The third-order valence-electron chi connectivity index (χ3n) is 11.6. The molecular formula is C52H76N2. The van der Waals surface area contributed by atoms with Gasteiger partial charge in [0.25, 0.3) is 0 Å². The van der Waals surface area contributed by atoms with Gasteiger partial charge in [-0.25, -0.2) is 0 Å². The summed E-state index contributed by atoms with van der Waals surface area (Å²) in [5.74, 6) is 0. The summed E-state index contributed by atoms with van der Waals surface area (Å²) in [5, 5.41) is 0. The lowest BCUT2D eigenvalue weighted by molar-refractivity contribution is 0.533. The van der Waals surface area contributed by atoms with E-state index in [0.29, 0.717) is 0 Å². The molecule has 0 spiro atoms. The van der Waals surface area contributed by atoms with E-state index < -0.39 is 0 Å². The maximum absolute atomic E-state index is 6.25. The summed E-state index contributed by atoms with van der Waals surface area (Å²) >= 11 is 0. The molecule has 2 nitrogen and oxygen atoms in total. The van der Waals surface area contributed by atoms with Gasteiger partial charge in [-0.1, -0.05) is 189 Å². The fraction of sp³-hybridized carbons (Fsp3) is 0.538. The summed E-state index contributed by atoms with van der Waals surface area (Å²) in [6, 6.07) is 32.0. The summed E-state index contributed by atoms with van der Waals surface area (Å²) in [6.45, 7) is 4.51. The molecule has 0 radical (unpaired) electrons. The number of nitrogens with two attached hydrogens (primary N) is 2. The predicted octanol–water partition coefficient (Wildman–Crippen LogP) is 14.7. The average molecular weight is 729 g/mol. The van der Waals surface area contributed by atoms with E-state index in [2.05, 4.69) is 98.8 Å². The zero-order valence-corrected chi connectivity index (χ0v) is 34.6. The molecule has 0 aliphatic rings. The van der Waals surface area contributed by atoms with Crippen molar-refractivity contribution in [1.29, 1.82) is 0 Å². The first-order valence-electron chi connectivity index (χ1n) is 22.4. The van der Waals surface area contributed by atoms with E-state index >= 15 is 0 Å². The number of hydrogen-bond donors (Lipinski definition) is 2. The van der Waals surface area contributed by atoms with E-state index in [1.54, 1.807) is 0 Å². The molecule has 0 aromatic heterocycles. The third-order valence-corrected chi connectivity index (χ3v) is 11.6. The molecule has 0 unspecified atom stereocenters. The Balaban J connectivity index is 0.935. The van der Waals surface area contributed by atoms with Crippen molar-refractivity contribution >= 4 is 11.4 Å². The first-order valence-corrected chi connectivity index (χ1v) is 22.4. The van der Waals surface area contributed by atoms with Gasteiger partial charge in [0.1, 0.15) is 0 Å². The highest BCUT2D eigenvalue weighted by molar-refractivity contribution is 5.50. The molecule has 4 aromatic carbocycles. The lowest BCUT2D eigenvalue weighted by Crippen LogP contribution is -1.98. The zero-order chi connectivity index (χ0) is 38.1. The van der Waals surface area contributed by atoms with Gasteiger partial charge >= 0.3 is 0 Å². The fourth-order valence-electron chi connectivity index (χ4n) is 8.00. The van der Waals surface area contributed by atoms with E-state index in [9.17, 15) is 0 Å². The van der Waals surface area contributed by atoms with Gasteiger partial charge in [-0.05, 0) is 121 Å². The van der Waals surface area contributed by atoms with Gasteiger partial charge in [-0.15, -0.1) is 0 Å². The Labute approximate surface area is 332 Å². The predicted molar refractivity (Wildman–Crippen MR) is 239 cm³/mol. The summed E-state index contributed by atoms with van der Waals surface area (Å²) in [7, 11) is 0. The molecule has 2 heteroatoms. The van der Waals surface area contributed by atoms with Crippen LogP contribution in [0.3, 0.4) is 0 Å². The largest absolute Gasteiger partial charge is 0.399 e. The van der Waals surface area contributed by atoms with Crippen molar-refractivity contribution in [2.45, 2.75) is 181 Å². The number of aryl methyl sites for hydroxylation is 4. The minimum atomic E-state index is 0.949. The Kier molecular flexibility index (Phi) is 21.1. The maximum atomic E-state index is 6.25. The average Bonchev–Trinajstić information content (AvgIpc) is 3.18. The van der Waals surface area contributed by atoms with Crippen molar-refractivity contribution in [1.82, 2.24) is 0 Å². The second-order valence-corrected chi connectivity index (χ2v) is 16.4. The van der Waals surface area contributed by atoms with E-state index in [0.717, 1.165) is 37.1 Å². The van der Waals surface area contributed by atoms with Crippen molar-refractivity contribution in [2.75, 3.05) is 11.5 Å². The topological polar surface area (TPSA) is 52.0 Å². The summed E-state index contributed by atoms with van der Waals surface area (Å²) in [5.41, 5.74) is 25.6. The van der Waals surface area contributed by atoms with Crippen molar-refractivity contribution in [3.8, 4) is 0 Å². The standard InChI is InChI=1S/C52H76N2/c1-3-5-19-25-49-41-47(35-37-51(49)53)39-45-31-27-43(28-32-45)23-21-17-15-13-11-9-7-8-10-12-14-16-18-22-24-44-29-33-46(34-30-44)40-48-36-38-52(54)50(42-48)26-20-6-4-2/h27-38,41-42H,3-26,39-40,53-54H2,1-2H3. The minimum Gasteiger partial charge on any atom is -0.399 e. The normalized spacial score (nSPS) is 11.4. The van der Waals surface area contributed by atoms with Gasteiger partial charge < -0.3 is 11.5 Å². The van der Waals surface area contributed by atoms with Crippen LogP contribution in [0.15, 0.2) is 84.9 Å². The van der Waals surface area contributed by atoms with Crippen LogP contribution < -0.4 is 11.5 Å². The van der Waals surface area contributed by atoms with Crippen LogP contribution in [0.5, 0.6) is 0 Å². The van der Waals surface area contributed by atoms with Gasteiger partial charge in [0.2, 0.25) is 0 Å². The lowest BCUT2D eigenvalue weighted by atomic mass is 9.97. The van der Waals surface area contributed by atoms with E-state index in [1.807, 2.05) is 0 Å². The van der Waals surface area contributed by atoms with Crippen LogP contribution in [-0.4, -0.2) is 0 Å². The molecule has 0 atom stereocenters. The van der Waals surface area contributed by atoms with Gasteiger partial charge in [-0.3, -0.25) is 0 Å². The Morgan fingerprint density at radius 2 is 0.574 bits per heavy atom. The second kappa shape index (κ2) is 26.3. The quantitative estimate of drug-likeness (QED) is 0.0432. The number of anilines is 2. The number of unbranched alkanes of at least 4 members (excludes halogenated alkanes) is 17. The molecule has 0 saturated carbocycles. The lowest BCUT2D eigenvalue weighted by Gasteiger charge is -2.10. The zero-order valence-electron chi connectivity index (χ0n) is 34.6. The monoisotopic (exact) mass is 729 g/mol. The van der Waals surface area contributed by atoms with Crippen LogP contribution in [0.4, 0.5) is 11.4 Å². The molecule has 4 aromatic rings. The Morgan fingerprint density at radius 3 is 0.907 bits per heavy atom. The fourth-order valence-corrected chi connectivity index (χ4v) is 8.00. The summed E-state index contributed by atoms with van der Waals surface area (Å²) in [6.07, 6.45) is 33.6. The Hall–Kier alpha value is -3.52. The minimum absolute atomic E-state index is 0.949. The smallest absolute Gasteiger partial charge is 0.0346 e. The molecule has 4 rings (SSSR count). The highest BCUT2D eigenvalue weighted by Gasteiger charge is 2.06. The molecule has 4 N–H and O–H groups in total. The van der Waals surface area contributed by atoms with E-state index in [-0.39, 0.29) is 0 Å². The van der Waals surface area contributed by atoms with Crippen molar-refractivity contribution in [2.24, 2.45) is 0 Å².